The number of carbonyl (C=O) groups is 8. The molecular formula is C60H68F3N11O12. The van der Waals surface area contributed by atoms with E-state index in [-0.39, 0.29) is 78.4 Å². The number of anilines is 1. The topological polar surface area (TPSA) is 279 Å². The molecular weight excluding hydrogens is 1120 g/mol. The molecule has 0 aliphatic carbocycles. The molecule has 23 nitrogen and oxygen atoms in total. The van der Waals surface area contributed by atoms with Crippen LogP contribution in [0.15, 0.2) is 79.1 Å². The lowest BCUT2D eigenvalue weighted by Gasteiger charge is -2.35. The van der Waals surface area contributed by atoms with Gasteiger partial charge in [-0.3, -0.25) is 53.5 Å². The van der Waals surface area contributed by atoms with Gasteiger partial charge in [0, 0.05) is 108 Å². The van der Waals surface area contributed by atoms with Crippen LogP contribution < -0.4 is 26.4 Å². The molecule has 5 aromatic rings. The number of benzene rings is 3. The number of primary amides is 1. The Morgan fingerprint density at radius 1 is 0.826 bits per heavy atom. The molecule has 2 fully saturated rings. The number of piperazine rings is 1. The van der Waals surface area contributed by atoms with E-state index < -0.39 is 65.7 Å². The van der Waals surface area contributed by atoms with Gasteiger partial charge in [0.15, 0.2) is 12.3 Å². The number of rotatable bonds is 29. The molecule has 5 heterocycles. The second-order valence-corrected chi connectivity index (χ2v) is 20.7. The summed E-state index contributed by atoms with van der Waals surface area (Å²) in [4.78, 5) is 112. The quantitative estimate of drug-likeness (QED) is 0.0302. The molecule has 8 rings (SSSR count). The van der Waals surface area contributed by atoms with E-state index in [0.717, 1.165) is 16.5 Å². The number of nitrogens with two attached hydrogens (primary N) is 1. The Hall–Kier alpha value is -8.61. The number of alkyl halides is 3. The van der Waals surface area contributed by atoms with E-state index in [0.29, 0.717) is 122 Å². The van der Waals surface area contributed by atoms with Gasteiger partial charge in [0.05, 0.1) is 49.3 Å². The first-order chi connectivity index (χ1) is 41.4. The molecule has 0 bridgehead atoms. The molecule has 1 atom stereocenters. The summed E-state index contributed by atoms with van der Waals surface area (Å²) in [5.41, 5.74) is 7.36. The van der Waals surface area contributed by atoms with E-state index in [1.165, 1.54) is 30.3 Å². The Morgan fingerprint density at radius 2 is 1.56 bits per heavy atom. The second kappa shape index (κ2) is 30.5. The minimum Gasteiger partial charge on any atom is -0.483 e. The monoisotopic (exact) mass is 1190 g/mol. The van der Waals surface area contributed by atoms with Crippen molar-refractivity contribution < 1.29 is 70.5 Å². The smallest absolute Gasteiger partial charge is 0.416 e. The fourth-order valence-corrected chi connectivity index (χ4v) is 9.95. The summed E-state index contributed by atoms with van der Waals surface area (Å²) < 4.78 is 67.7. The third-order valence-corrected chi connectivity index (χ3v) is 14.5. The van der Waals surface area contributed by atoms with Crippen LogP contribution in [0.3, 0.4) is 0 Å². The Kier molecular flexibility index (Phi) is 22.5. The molecule has 2 saturated heterocycles. The van der Waals surface area contributed by atoms with Gasteiger partial charge in [0.2, 0.25) is 23.6 Å². The molecule has 1 unspecified atom stereocenters. The SMILES string of the molecule is Cc1ccc(C(=O)Nc2ccc(CN3CCN(CCCN(CCCOCCOCCOCCCNC(=O)COc4cccc5c4C(=O)N(C4CCC(=O)NC4=O)C5=O)C(=O)CCC(N)=O)CC3)c(C(F)(F)F)c2)cc1C#Cc1cnc2cccnn12. The number of halogens is 3. The zero-order chi connectivity index (χ0) is 61.2. The number of imidazole rings is 1. The molecule has 0 spiro atoms. The molecule has 3 aliphatic heterocycles. The maximum absolute atomic E-state index is 14.5. The van der Waals surface area contributed by atoms with Crippen LogP contribution in [0, 0.1) is 18.8 Å². The van der Waals surface area contributed by atoms with Crippen molar-refractivity contribution in [2.24, 2.45) is 5.73 Å². The maximum Gasteiger partial charge on any atom is 0.416 e. The predicted molar refractivity (Wildman–Crippen MR) is 304 cm³/mol. The normalized spacial score (nSPS) is 15.5. The zero-order valence-corrected chi connectivity index (χ0v) is 47.6. The fraction of sp³-hybridized carbons (Fsp3) is 0.433. The third-order valence-electron chi connectivity index (χ3n) is 14.5. The predicted octanol–water partition coefficient (Wildman–Crippen LogP) is 3.74. The molecule has 8 amide bonds. The summed E-state index contributed by atoms with van der Waals surface area (Å²) in [5.74, 6) is 1.66. The zero-order valence-electron chi connectivity index (χ0n) is 47.6. The number of fused-ring (bicyclic) bond motifs is 2. The van der Waals surface area contributed by atoms with E-state index in [9.17, 15) is 51.5 Å². The molecule has 26 heteroatoms. The summed E-state index contributed by atoms with van der Waals surface area (Å²) in [6.45, 7) is 7.42. The van der Waals surface area contributed by atoms with E-state index in [1.807, 2.05) is 11.8 Å². The maximum atomic E-state index is 14.5. The Morgan fingerprint density at radius 3 is 2.30 bits per heavy atom. The molecule has 3 aromatic carbocycles. The van der Waals surface area contributed by atoms with E-state index in [4.69, 9.17) is 24.7 Å². The van der Waals surface area contributed by atoms with Gasteiger partial charge in [0.1, 0.15) is 17.5 Å². The number of aryl methyl sites for hydroxylation is 1. The molecule has 2 aromatic heterocycles. The Bertz CT molecular complexity index is 3360. The molecule has 5 N–H and O–H groups in total. The first-order valence-corrected chi connectivity index (χ1v) is 28.3. The summed E-state index contributed by atoms with van der Waals surface area (Å²) >= 11 is 0. The van der Waals surface area contributed by atoms with Crippen LogP contribution in [0.2, 0.25) is 0 Å². The number of imide groups is 2. The summed E-state index contributed by atoms with van der Waals surface area (Å²) in [7, 11) is 0. The van der Waals surface area contributed by atoms with Gasteiger partial charge in [-0.15, -0.1) is 0 Å². The van der Waals surface area contributed by atoms with Crippen LogP contribution >= 0.6 is 0 Å². The van der Waals surface area contributed by atoms with Crippen molar-refractivity contribution in [1.82, 2.24) is 44.8 Å². The highest BCUT2D eigenvalue weighted by molar-refractivity contribution is 6.24. The van der Waals surface area contributed by atoms with Crippen molar-refractivity contribution in [2.45, 2.75) is 70.6 Å². The van der Waals surface area contributed by atoms with E-state index in [1.54, 1.807) is 52.1 Å². The first-order valence-electron chi connectivity index (χ1n) is 28.3. The van der Waals surface area contributed by atoms with E-state index >= 15 is 0 Å². The van der Waals surface area contributed by atoms with Crippen molar-refractivity contribution in [3.63, 3.8) is 0 Å². The van der Waals surface area contributed by atoms with Gasteiger partial charge in [-0.2, -0.15) is 18.3 Å². The van der Waals surface area contributed by atoms with Crippen molar-refractivity contribution in [2.75, 3.05) is 104 Å². The van der Waals surface area contributed by atoms with Crippen LogP contribution in [-0.4, -0.2) is 186 Å². The standard InChI is InChI=1S/C60H68F3N11O12/c1-40-10-11-42(35-41(40)13-15-45-37-66-51-9-3-21-67-74(45)51)56(79)68-44-14-12-43(47(36-44)60(61,62)63)38-71-27-25-70(26-28-71)22-5-23-72(54(78)19-17-50(64)75)24-6-30-84-32-34-85-33-31-83-29-4-20-65-53(77)39-86-49-8-2-7-46-55(49)59(82)73(58(46)81)48-16-18-52(76)69-57(48)80/h2-3,7-12,14,21,35-37,48H,4-6,16-20,22-34,38-39H2,1H3,(H2,64,75)(H,65,77)(H,68,79)(H,69,76,80). The molecule has 3 aliphatic rings. The summed E-state index contributed by atoms with van der Waals surface area (Å²) in [5, 5.41) is 11.7. The molecule has 456 valence electrons. The van der Waals surface area contributed by atoms with Crippen molar-refractivity contribution in [3.05, 3.63) is 124 Å². The lowest BCUT2D eigenvalue weighted by atomic mass is 10.0. The number of piperidine rings is 1. The lowest BCUT2D eigenvalue weighted by Crippen LogP contribution is -2.54. The van der Waals surface area contributed by atoms with Crippen molar-refractivity contribution >= 4 is 58.6 Å². The third kappa shape index (κ3) is 17.5. The highest BCUT2D eigenvalue weighted by Crippen LogP contribution is 2.36. The largest absolute Gasteiger partial charge is 0.483 e. The number of ether oxygens (including phenoxy) is 4. The number of carbonyl (C=O) groups excluding carboxylic acids is 8. The van der Waals surface area contributed by atoms with Crippen molar-refractivity contribution in [1.29, 1.82) is 0 Å². The number of aromatic nitrogens is 3. The van der Waals surface area contributed by atoms with Crippen LogP contribution in [0.4, 0.5) is 18.9 Å². The average Bonchev–Trinajstić information content (AvgIpc) is 1.92. The van der Waals surface area contributed by atoms with Crippen molar-refractivity contribution in [3.8, 4) is 17.6 Å². The Labute approximate surface area is 494 Å². The number of amides is 8. The molecule has 0 radical (unpaired) electrons. The van der Waals surface area contributed by atoms with E-state index in [2.05, 4.69) is 42.8 Å². The van der Waals surface area contributed by atoms with Crippen LogP contribution in [0.25, 0.3) is 5.65 Å². The van der Waals surface area contributed by atoms with Gasteiger partial charge in [0.25, 0.3) is 23.6 Å². The molecule has 86 heavy (non-hydrogen) atoms. The van der Waals surface area contributed by atoms with Gasteiger partial charge in [-0.25, -0.2) is 9.50 Å². The summed E-state index contributed by atoms with van der Waals surface area (Å²) in [6, 6.07) is 15.6. The number of nitrogens with zero attached hydrogens (tertiary/aromatic N) is 7. The molecule has 0 saturated carbocycles. The van der Waals surface area contributed by atoms with Gasteiger partial charge in [-0.05, 0) is 105 Å². The highest BCUT2D eigenvalue weighted by Gasteiger charge is 2.46. The number of hydrogen-bond donors (Lipinski definition) is 4. The average molecular weight is 1190 g/mol. The Balaban J connectivity index is 0.674. The minimum absolute atomic E-state index is 0.00579. The van der Waals surface area contributed by atoms with Gasteiger partial charge >= 0.3 is 6.18 Å². The fourth-order valence-electron chi connectivity index (χ4n) is 9.95. The van der Waals surface area contributed by atoms with Gasteiger partial charge in [-0.1, -0.05) is 24.1 Å². The van der Waals surface area contributed by atoms with Crippen LogP contribution in [0.5, 0.6) is 5.75 Å². The second-order valence-electron chi connectivity index (χ2n) is 20.7. The number of nitrogens with one attached hydrogen (secondary N) is 3. The van der Waals surface area contributed by atoms with Crippen LogP contribution in [-0.2, 0) is 50.9 Å². The minimum atomic E-state index is -4.67. The summed E-state index contributed by atoms with van der Waals surface area (Å²) in [6.07, 6.45) is 0.103. The lowest BCUT2D eigenvalue weighted by molar-refractivity contribution is -0.139. The highest BCUT2D eigenvalue weighted by atomic mass is 19.4. The first kappa shape index (κ1) is 63.4. The van der Waals surface area contributed by atoms with Gasteiger partial charge < -0.3 is 45.1 Å². The van der Waals surface area contributed by atoms with Crippen LogP contribution in [0.1, 0.15) is 104 Å². The number of hydrogen-bond acceptors (Lipinski definition) is 16.